The summed E-state index contributed by atoms with van der Waals surface area (Å²) >= 11 is 5.97. The molecule has 2 saturated heterocycles. The molecule has 18 heteroatoms. The maximum atomic E-state index is 13.9. The Balaban J connectivity index is 1.48. The van der Waals surface area contributed by atoms with Crippen molar-refractivity contribution in [1.82, 2.24) is 34.4 Å². The van der Waals surface area contributed by atoms with Gasteiger partial charge in [0, 0.05) is 45.3 Å². The highest BCUT2D eigenvalue weighted by Gasteiger charge is 2.33. The number of piperazine rings is 1. The van der Waals surface area contributed by atoms with Gasteiger partial charge in [-0.2, -0.15) is 22.7 Å². The zero-order chi connectivity index (χ0) is 32.5. The molecule has 1 amide bonds. The van der Waals surface area contributed by atoms with Crippen molar-refractivity contribution < 1.29 is 26.7 Å². The van der Waals surface area contributed by atoms with E-state index in [2.05, 4.69) is 25.7 Å². The predicted octanol–water partition coefficient (Wildman–Crippen LogP) is 2.73. The van der Waals surface area contributed by atoms with Gasteiger partial charge in [-0.05, 0) is 38.4 Å². The molecule has 0 aromatic carbocycles. The van der Waals surface area contributed by atoms with Crippen LogP contribution in [0.1, 0.15) is 31.2 Å². The molecular weight excluding hydrogens is 627 g/mol. The molecule has 3 aromatic rings. The Morgan fingerprint density at radius 1 is 1.13 bits per heavy atom. The molecule has 5 heterocycles. The molecule has 2 fully saturated rings. The summed E-state index contributed by atoms with van der Waals surface area (Å²) in [5.41, 5.74) is -0.748. The molecule has 2 N–H and O–H groups in total. The van der Waals surface area contributed by atoms with E-state index in [0.717, 1.165) is 12.1 Å². The number of carbonyl (C=O) groups is 1. The molecule has 2 aliphatic heterocycles. The van der Waals surface area contributed by atoms with E-state index in [-0.39, 0.29) is 42.1 Å². The second-order valence-electron chi connectivity index (χ2n) is 11.0. The predicted molar refractivity (Wildman–Crippen MR) is 158 cm³/mol. The van der Waals surface area contributed by atoms with Crippen LogP contribution in [0.4, 0.5) is 39.3 Å². The van der Waals surface area contributed by atoms with Gasteiger partial charge in [-0.1, -0.05) is 18.5 Å². The van der Waals surface area contributed by atoms with E-state index < -0.39 is 29.4 Å². The Labute approximate surface area is 260 Å². The molecule has 0 bridgehead atoms. The molecule has 45 heavy (non-hydrogen) atoms. The smallest absolute Gasteiger partial charge is 0.363 e. The third kappa shape index (κ3) is 7.14. The Kier molecular flexibility index (Phi) is 9.79. The SMILES string of the molecule is CCc1c(N2CCNCC2)c(=O)n2nc(N3CCC(N(C)CC(F)F)CC3)nc2n1CC(=O)Nc1ccc(C(F)(F)F)nc1Cl. The number of fused-ring (bicyclic) bond motifs is 1. The third-order valence-electron chi connectivity index (χ3n) is 8.09. The van der Waals surface area contributed by atoms with Crippen LogP contribution in [0.15, 0.2) is 16.9 Å². The standard InChI is InChI=1S/C27H34ClF5N10O2/c1-3-18-22(40-12-8-34-9-13-40)24(45)43-26(37-25(38-43)41-10-6-16(7-11-41)39(2)14-20(29)30)42(18)15-21(44)35-17-4-5-19(27(31,32)33)36-23(17)28/h4-5,16,20,34H,3,6-15H2,1-2H3,(H,35,44). The van der Waals surface area contributed by atoms with Gasteiger partial charge in [0.05, 0.1) is 17.9 Å². The quantitative estimate of drug-likeness (QED) is 0.264. The fraction of sp³-hybridized carbons (Fsp3) is 0.593. The van der Waals surface area contributed by atoms with Crippen LogP contribution >= 0.6 is 11.6 Å². The first-order valence-electron chi connectivity index (χ1n) is 14.6. The summed E-state index contributed by atoms with van der Waals surface area (Å²) in [6, 6.07) is 1.72. The van der Waals surface area contributed by atoms with Gasteiger partial charge >= 0.3 is 6.18 Å². The lowest BCUT2D eigenvalue weighted by Gasteiger charge is -2.36. The molecule has 0 spiro atoms. The minimum absolute atomic E-state index is 0.0338. The van der Waals surface area contributed by atoms with Crippen LogP contribution in [0.25, 0.3) is 5.78 Å². The number of halogens is 6. The maximum absolute atomic E-state index is 13.9. The molecule has 5 rings (SSSR count). The van der Waals surface area contributed by atoms with Crippen molar-refractivity contribution >= 4 is 40.6 Å². The molecule has 246 valence electrons. The van der Waals surface area contributed by atoms with Crippen LogP contribution < -0.4 is 26.0 Å². The first kappa shape index (κ1) is 32.8. The number of hydrogen-bond donors (Lipinski definition) is 2. The van der Waals surface area contributed by atoms with Crippen molar-refractivity contribution in [2.45, 2.75) is 51.4 Å². The zero-order valence-corrected chi connectivity index (χ0v) is 25.5. The number of rotatable bonds is 9. The number of aromatic nitrogens is 5. The first-order chi connectivity index (χ1) is 21.4. The number of piperidine rings is 1. The molecule has 0 aliphatic carbocycles. The van der Waals surface area contributed by atoms with E-state index in [9.17, 15) is 31.5 Å². The minimum Gasteiger partial charge on any atom is -0.363 e. The van der Waals surface area contributed by atoms with Crippen LogP contribution in [-0.2, 0) is 23.9 Å². The Morgan fingerprint density at radius 2 is 1.82 bits per heavy atom. The van der Waals surface area contributed by atoms with Crippen molar-refractivity contribution in [3.05, 3.63) is 39.0 Å². The summed E-state index contributed by atoms with van der Waals surface area (Å²) in [6.45, 7) is 4.55. The lowest BCUT2D eigenvalue weighted by molar-refractivity contribution is -0.141. The van der Waals surface area contributed by atoms with Crippen LogP contribution in [0.3, 0.4) is 0 Å². The average molecular weight is 661 g/mol. The number of nitrogens with zero attached hydrogens (tertiary/aromatic N) is 8. The van der Waals surface area contributed by atoms with Gasteiger partial charge in [-0.3, -0.25) is 14.5 Å². The third-order valence-corrected chi connectivity index (χ3v) is 8.38. The second-order valence-corrected chi connectivity index (χ2v) is 11.4. The summed E-state index contributed by atoms with van der Waals surface area (Å²) in [4.78, 5) is 40.7. The lowest BCUT2D eigenvalue weighted by atomic mass is 10.0. The fourth-order valence-electron chi connectivity index (χ4n) is 5.83. The monoisotopic (exact) mass is 660 g/mol. The fourth-order valence-corrected chi connectivity index (χ4v) is 6.03. The minimum atomic E-state index is -4.70. The summed E-state index contributed by atoms with van der Waals surface area (Å²) < 4.78 is 67.7. The highest BCUT2D eigenvalue weighted by atomic mass is 35.5. The summed E-state index contributed by atoms with van der Waals surface area (Å²) in [5.74, 6) is -0.238. The highest BCUT2D eigenvalue weighted by Crippen LogP contribution is 2.31. The second kappa shape index (κ2) is 13.4. The van der Waals surface area contributed by atoms with Gasteiger partial charge in [0.15, 0.2) is 5.15 Å². The Morgan fingerprint density at radius 3 is 2.42 bits per heavy atom. The number of carbonyl (C=O) groups excluding carboxylic acids is 1. The molecule has 0 atom stereocenters. The van der Waals surface area contributed by atoms with Gasteiger partial charge in [0.1, 0.15) is 17.9 Å². The molecule has 0 unspecified atom stereocenters. The number of pyridine rings is 1. The zero-order valence-electron chi connectivity index (χ0n) is 24.7. The van der Waals surface area contributed by atoms with Crippen molar-refractivity contribution in [3.63, 3.8) is 0 Å². The highest BCUT2D eigenvalue weighted by molar-refractivity contribution is 6.32. The van der Waals surface area contributed by atoms with Crippen LogP contribution in [-0.4, -0.2) is 100 Å². The maximum Gasteiger partial charge on any atom is 0.433 e. The number of amides is 1. The number of hydrogen-bond acceptors (Lipinski definition) is 9. The van der Waals surface area contributed by atoms with Crippen LogP contribution in [0.5, 0.6) is 0 Å². The molecule has 3 aromatic heterocycles. The molecular formula is C27H34ClF5N10O2. The van der Waals surface area contributed by atoms with Crippen molar-refractivity contribution in [1.29, 1.82) is 0 Å². The van der Waals surface area contributed by atoms with Gasteiger partial charge in [-0.25, -0.2) is 13.8 Å². The largest absolute Gasteiger partial charge is 0.433 e. The van der Waals surface area contributed by atoms with Crippen molar-refractivity contribution in [2.24, 2.45) is 0 Å². The van der Waals surface area contributed by atoms with E-state index in [4.69, 9.17) is 11.6 Å². The van der Waals surface area contributed by atoms with Crippen LogP contribution in [0, 0.1) is 0 Å². The Hall–Kier alpha value is -3.57. The normalized spacial score (nSPS) is 16.8. The number of alkyl halides is 5. The number of nitrogens with one attached hydrogen (secondary N) is 2. The van der Waals surface area contributed by atoms with Crippen LogP contribution in [0.2, 0.25) is 5.15 Å². The first-order valence-corrected chi connectivity index (χ1v) is 15.0. The summed E-state index contributed by atoms with van der Waals surface area (Å²) in [5, 5.41) is 9.78. The van der Waals surface area contributed by atoms with Crippen molar-refractivity contribution in [3.8, 4) is 0 Å². The van der Waals surface area contributed by atoms with Gasteiger partial charge < -0.3 is 25.0 Å². The van der Waals surface area contributed by atoms with Gasteiger partial charge in [0.2, 0.25) is 17.6 Å². The average Bonchev–Trinajstić information content (AvgIpc) is 3.45. The lowest BCUT2D eigenvalue weighted by Crippen LogP contribution is -2.47. The Bertz CT molecular complexity index is 1580. The molecule has 12 nitrogen and oxygen atoms in total. The summed E-state index contributed by atoms with van der Waals surface area (Å²) in [6.07, 6.45) is -5.57. The number of anilines is 3. The molecule has 2 aliphatic rings. The van der Waals surface area contributed by atoms with E-state index in [0.29, 0.717) is 69.9 Å². The van der Waals surface area contributed by atoms with Gasteiger partial charge in [0.25, 0.3) is 12.0 Å². The molecule has 0 saturated carbocycles. The van der Waals surface area contributed by atoms with Gasteiger partial charge in [-0.15, -0.1) is 5.10 Å². The summed E-state index contributed by atoms with van der Waals surface area (Å²) in [7, 11) is 1.67. The topological polar surface area (TPSA) is 116 Å². The van der Waals surface area contributed by atoms with E-state index >= 15 is 0 Å². The van der Waals surface area contributed by atoms with E-state index in [1.807, 2.05) is 16.7 Å². The molecule has 0 radical (unpaired) electrons. The van der Waals surface area contributed by atoms with Crippen molar-refractivity contribution in [2.75, 3.05) is 68.0 Å². The van der Waals surface area contributed by atoms with E-state index in [1.54, 1.807) is 16.5 Å². The van der Waals surface area contributed by atoms with E-state index in [1.165, 1.54) is 4.52 Å².